The lowest BCUT2D eigenvalue weighted by atomic mass is 10.0. The quantitative estimate of drug-likeness (QED) is 0.845. The Bertz CT molecular complexity index is 577. The minimum atomic E-state index is 0.164. The summed E-state index contributed by atoms with van der Waals surface area (Å²) in [4.78, 5) is 0. The first kappa shape index (κ1) is 15.6. The molecular formula is C17H25N3O. The number of aromatic nitrogens is 2. The number of nitrogens with two attached hydrogens (primary N) is 1. The van der Waals surface area contributed by atoms with E-state index < -0.39 is 0 Å². The summed E-state index contributed by atoms with van der Waals surface area (Å²) in [7, 11) is 0. The SMILES string of the molecule is CCCn1cc(Oc2ccc(C)cc2CC(N)CC)cn1. The Morgan fingerprint density at radius 1 is 1.33 bits per heavy atom. The fraction of sp³-hybridized carbons (Fsp3) is 0.471. The van der Waals surface area contributed by atoms with Crippen LogP contribution in [0, 0.1) is 6.92 Å². The van der Waals surface area contributed by atoms with Gasteiger partial charge in [-0.25, -0.2) is 0 Å². The first-order valence-corrected chi connectivity index (χ1v) is 7.67. The van der Waals surface area contributed by atoms with E-state index in [2.05, 4.69) is 38.0 Å². The molecule has 0 saturated heterocycles. The fourth-order valence-electron chi connectivity index (χ4n) is 2.27. The van der Waals surface area contributed by atoms with E-state index in [1.165, 1.54) is 5.56 Å². The molecule has 0 aliphatic heterocycles. The molecule has 21 heavy (non-hydrogen) atoms. The van der Waals surface area contributed by atoms with Gasteiger partial charge in [-0.15, -0.1) is 0 Å². The summed E-state index contributed by atoms with van der Waals surface area (Å²) < 4.78 is 7.90. The molecule has 0 bridgehead atoms. The lowest BCUT2D eigenvalue weighted by Crippen LogP contribution is -2.21. The van der Waals surface area contributed by atoms with Gasteiger partial charge in [0.1, 0.15) is 5.75 Å². The summed E-state index contributed by atoms with van der Waals surface area (Å²) in [6, 6.07) is 6.40. The molecule has 0 radical (unpaired) electrons. The maximum Gasteiger partial charge on any atom is 0.165 e. The van der Waals surface area contributed by atoms with Crippen LogP contribution in [-0.2, 0) is 13.0 Å². The van der Waals surface area contributed by atoms with Gasteiger partial charge in [0, 0.05) is 12.6 Å². The second-order valence-electron chi connectivity index (χ2n) is 5.52. The first-order valence-electron chi connectivity index (χ1n) is 7.67. The molecule has 0 aliphatic rings. The third-order valence-corrected chi connectivity index (χ3v) is 3.51. The zero-order valence-corrected chi connectivity index (χ0v) is 13.2. The Morgan fingerprint density at radius 3 is 2.86 bits per heavy atom. The van der Waals surface area contributed by atoms with Crippen molar-refractivity contribution in [3.05, 3.63) is 41.7 Å². The van der Waals surface area contributed by atoms with E-state index in [1.807, 2.05) is 16.9 Å². The van der Waals surface area contributed by atoms with E-state index >= 15 is 0 Å². The van der Waals surface area contributed by atoms with Crippen molar-refractivity contribution in [2.75, 3.05) is 0 Å². The van der Waals surface area contributed by atoms with Crippen LogP contribution in [0.3, 0.4) is 0 Å². The zero-order chi connectivity index (χ0) is 15.2. The number of aryl methyl sites for hydroxylation is 2. The van der Waals surface area contributed by atoms with Crippen LogP contribution in [0.2, 0.25) is 0 Å². The van der Waals surface area contributed by atoms with Crippen LogP contribution in [-0.4, -0.2) is 15.8 Å². The Balaban J connectivity index is 2.17. The van der Waals surface area contributed by atoms with Gasteiger partial charge in [0.25, 0.3) is 0 Å². The van der Waals surface area contributed by atoms with Crippen molar-refractivity contribution in [1.82, 2.24) is 9.78 Å². The molecule has 0 amide bonds. The number of hydrogen-bond acceptors (Lipinski definition) is 3. The summed E-state index contributed by atoms with van der Waals surface area (Å²) in [5.41, 5.74) is 8.47. The van der Waals surface area contributed by atoms with E-state index in [0.717, 1.165) is 42.9 Å². The molecule has 1 aromatic carbocycles. The van der Waals surface area contributed by atoms with Gasteiger partial charge in [0.15, 0.2) is 5.75 Å². The molecule has 2 aromatic rings. The summed E-state index contributed by atoms with van der Waals surface area (Å²) >= 11 is 0. The Hall–Kier alpha value is -1.81. The highest BCUT2D eigenvalue weighted by Gasteiger charge is 2.10. The lowest BCUT2D eigenvalue weighted by molar-refractivity contribution is 0.470. The number of benzene rings is 1. The molecule has 0 saturated carbocycles. The Kier molecular flexibility index (Phi) is 5.39. The third kappa shape index (κ3) is 4.33. The molecule has 4 nitrogen and oxygen atoms in total. The van der Waals surface area contributed by atoms with Gasteiger partial charge in [0.05, 0.1) is 12.4 Å². The molecule has 4 heteroatoms. The Labute approximate surface area is 126 Å². The van der Waals surface area contributed by atoms with Gasteiger partial charge < -0.3 is 10.5 Å². The average Bonchev–Trinajstić information content (AvgIpc) is 2.89. The van der Waals surface area contributed by atoms with Gasteiger partial charge in [-0.1, -0.05) is 31.5 Å². The summed E-state index contributed by atoms with van der Waals surface area (Å²) in [5, 5.41) is 4.29. The maximum atomic E-state index is 6.09. The molecule has 0 spiro atoms. The van der Waals surface area contributed by atoms with Crippen molar-refractivity contribution in [1.29, 1.82) is 0 Å². The number of ether oxygens (including phenoxy) is 1. The standard InChI is InChI=1S/C17H25N3O/c1-4-8-20-12-16(11-19-20)21-17-7-6-13(3)9-14(17)10-15(18)5-2/h6-7,9,11-12,15H,4-5,8,10,18H2,1-3H3. The molecule has 0 fully saturated rings. The molecule has 1 heterocycles. The average molecular weight is 287 g/mol. The van der Waals surface area contributed by atoms with Crippen LogP contribution >= 0.6 is 0 Å². The normalized spacial score (nSPS) is 12.4. The van der Waals surface area contributed by atoms with Crippen LogP contribution in [0.25, 0.3) is 0 Å². The molecule has 114 valence electrons. The largest absolute Gasteiger partial charge is 0.454 e. The minimum Gasteiger partial charge on any atom is -0.454 e. The lowest BCUT2D eigenvalue weighted by Gasteiger charge is -2.14. The number of hydrogen-bond donors (Lipinski definition) is 1. The zero-order valence-electron chi connectivity index (χ0n) is 13.2. The topological polar surface area (TPSA) is 53.1 Å². The second-order valence-corrected chi connectivity index (χ2v) is 5.52. The molecule has 0 aliphatic carbocycles. The monoisotopic (exact) mass is 287 g/mol. The van der Waals surface area contributed by atoms with Crippen LogP contribution in [0.5, 0.6) is 11.5 Å². The van der Waals surface area contributed by atoms with Crippen molar-refractivity contribution in [3.63, 3.8) is 0 Å². The van der Waals surface area contributed by atoms with Crippen molar-refractivity contribution in [3.8, 4) is 11.5 Å². The van der Waals surface area contributed by atoms with Crippen molar-refractivity contribution in [2.24, 2.45) is 5.73 Å². The van der Waals surface area contributed by atoms with E-state index in [9.17, 15) is 0 Å². The van der Waals surface area contributed by atoms with Gasteiger partial charge in [-0.05, 0) is 37.8 Å². The summed E-state index contributed by atoms with van der Waals surface area (Å²) in [6.07, 6.45) is 6.55. The summed E-state index contributed by atoms with van der Waals surface area (Å²) in [6.45, 7) is 7.23. The van der Waals surface area contributed by atoms with Crippen LogP contribution in [0.4, 0.5) is 0 Å². The molecule has 2 N–H and O–H groups in total. The summed E-state index contributed by atoms with van der Waals surface area (Å²) in [5.74, 6) is 1.65. The van der Waals surface area contributed by atoms with E-state index in [4.69, 9.17) is 10.5 Å². The molecular weight excluding hydrogens is 262 g/mol. The van der Waals surface area contributed by atoms with Crippen LogP contribution < -0.4 is 10.5 Å². The molecule has 1 unspecified atom stereocenters. The molecule has 2 rings (SSSR count). The fourth-order valence-corrected chi connectivity index (χ4v) is 2.27. The number of nitrogens with zero attached hydrogens (tertiary/aromatic N) is 2. The van der Waals surface area contributed by atoms with Crippen molar-refractivity contribution < 1.29 is 4.74 Å². The van der Waals surface area contributed by atoms with E-state index in [1.54, 1.807) is 6.20 Å². The Morgan fingerprint density at radius 2 is 2.14 bits per heavy atom. The highest BCUT2D eigenvalue weighted by atomic mass is 16.5. The van der Waals surface area contributed by atoms with E-state index in [-0.39, 0.29) is 6.04 Å². The first-order chi connectivity index (χ1) is 10.1. The van der Waals surface area contributed by atoms with Gasteiger partial charge in [-0.2, -0.15) is 5.10 Å². The van der Waals surface area contributed by atoms with Crippen molar-refractivity contribution in [2.45, 2.75) is 52.6 Å². The molecule has 1 atom stereocenters. The van der Waals surface area contributed by atoms with Crippen LogP contribution in [0.1, 0.15) is 37.8 Å². The third-order valence-electron chi connectivity index (χ3n) is 3.51. The van der Waals surface area contributed by atoms with E-state index in [0.29, 0.717) is 0 Å². The van der Waals surface area contributed by atoms with Gasteiger partial charge in [0.2, 0.25) is 0 Å². The highest BCUT2D eigenvalue weighted by Crippen LogP contribution is 2.27. The molecule has 1 aromatic heterocycles. The minimum absolute atomic E-state index is 0.164. The van der Waals surface area contributed by atoms with Gasteiger partial charge >= 0.3 is 0 Å². The smallest absolute Gasteiger partial charge is 0.165 e. The maximum absolute atomic E-state index is 6.09. The number of rotatable bonds is 7. The van der Waals surface area contributed by atoms with Gasteiger partial charge in [-0.3, -0.25) is 4.68 Å². The predicted molar refractivity (Wildman–Crippen MR) is 85.7 cm³/mol. The van der Waals surface area contributed by atoms with Crippen LogP contribution in [0.15, 0.2) is 30.6 Å². The second kappa shape index (κ2) is 7.27. The predicted octanol–water partition coefficient (Wildman–Crippen LogP) is 3.67. The highest BCUT2D eigenvalue weighted by molar-refractivity contribution is 5.40. The van der Waals surface area contributed by atoms with Crippen molar-refractivity contribution >= 4 is 0 Å².